The molecule has 2 aromatic heterocycles. The summed E-state index contributed by atoms with van der Waals surface area (Å²) in [6.45, 7) is 2.03. The molecule has 100 valence electrons. The van der Waals surface area contributed by atoms with Crippen molar-refractivity contribution in [2.24, 2.45) is 0 Å². The molecule has 0 bridgehead atoms. The Morgan fingerprint density at radius 1 is 0.950 bits per heavy atom. The fourth-order valence-electron chi connectivity index (χ4n) is 1.81. The molecular formula is C14H10Cl2N4. The van der Waals surface area contributed by atoms with Crippen LogP contribution >= 0.6 is 23.2 Å². The van der Waals surface area contributed by atoms with E-state index in [1.807, 2.05) is 31.2 Å². The Bertz CT molecular complexity index is 772. The lowest BCUT2D eigenvalue weighted by atomic mass is 10.2. The van der Waals surface area contributed by atoms with Gasteiger partial charge in [0.05, 0.1) is 0 Å². The minimum atomic E-state index is 0.304. The third-order valence-electron chi connectivity index (χ3n) is 2.83. The van der Waals surface area contributed by atoms with Crippen molar-refractivity contribution in [3.63, 3.8) is 0 Å². The minimum Gasteiger partial charge on any atom is -0.324 e. The molecule has 3 rings (SSSR count). The minimum absolute atomic E-state index is 0.304. The van der Waals surface area contributed by atoms with Crippen molar-refractivity contribution in [2.45, 2.75) is 6.92 Å². The molecule has 0 aliphatic carbocycles. The number of aryl methyl sites for hydroxylation is 1. The van der Waals surface area contributed by atoms with Crippen LogP contribution in [0, 0.1) is 6.92 Å². The summed E-state index contributed by atoms with van der Waals surface area (Å²) in [5.41, 5.74) is 2.59. The summed E-state index contributed by atoms with van der Waals surface area (Å²) >= 11 is 12.2. The van der Waals surface area contributed by atoms with E-state index in [0.29, 0.717) is 27.2 Å². The molecule has 2 heterocycles. The van der Waals surface area contributed by atoms with E-state index in [-0.39, 0.29) is 0 Å². The summed E-state index contributed by atoms with van der Waals surface area (Å²) in [6.07, 6.45) is 1.58. The van der Waals surface area contributed by atoms with Gasteiger partial charge in [-0.3, -0.25) is 0 Å². The smallest absolute Gasteiger partial charge is 0.229 e. The van der Waals surface area contributed by atoms with E-state index < -0.39 is 0 Å². The van der Waals surface area contributed by atoms with Crippen LogP contribution in [0.1, 0.15) is 5.56 Å². The Hall–Kier alpha value is -1.91. The number of hydrogen-bond donors (Lipinski definition) is 1. The van der Waals surface area contributed by atoms with E-state index >= 15 is 0 Å². The van der Waals surface area contributed by atoms with Gasteiger partial charge in [0.15, 0.2) is 5.15 Å². The maximum atomic E-state index is 6.15. The number of fused-ring (bicyclic) bond motifs is 1. The van der Waals surface area contributed by atoms with Crippen LogP contribution in [0.3, 0.4) is 0 Å². The van der Waals surface area contributed by atoms with E-state index in [1.54, 1.807) is 12.3 Å². The van der Waals surface area contributed by atoms with Gasteiger partial charge in [-0.05, 0) is 25.1 Å². The number of rotatable bonds is 2. The molecular weight excluding hydrogens is 295 g/mol. The number of anilines is 2. The highest BCUT2D eigenvalue weighted by Crippen LogP contribution is 2.26. The number of nitrogens with zero attached hydrogens (tertiary/aromatic N) is 3. The van der Waals surface area contributed by atoms with Crippen LogP contribution < -0.4 is 5.32 Å². The van der Waals surface area contributed by atoms with Crippen LogP contribution in [0.5, 0.6) is 0 Å². The molecule has 0 aliphatic heterocycles. The van der Waals surface area contributed by atoms with Crippen molar-refractivity contribution in [3.8, 4) is 0 Å². The van der Waals surface area contributed by atoms with Gasteiger partial charge in [0.2, 0.25) is 5.95 Å². The average molecular weight is 305 g/mol. The molecule has 1 N–H and O–H groups in total. The monoisotopic (exact) mass is 304 g/mol. The lowest BCUT2D eigenvalue weighted by Crippen LogP contribution is -1.99. The maximum Gasteiger partial charge on any atom is 0.229 e. The quantitative estimate of drug-likeness (QED) is 0.564. The van der Waals surface area contributed by atoms with Crippen molar-refractivity contribution >= 4 is 45.7 Å². The summed E-state index contributed by atoms with van der Waals surface area (Å²) in [7, 11) is 0. The second-order valence-corrected chi connectivity index (χ2v) is 5.04. The van der Waals surface area contributed by atoms with Gasteiger partial charge < -0.3 is 5.32 Å². The summed E-state index contributed by atoms with van der Waals surface area (Å²) in [5, 5.41) is 4.43. The number of halogens is 2. The number of nitrogens with one attached hydrogen (secondary N) is 1. The van der Waals surface area contributed by atoms with Gasteiger partial charge in [-0.15, -0.1) is 0 Å². The lowest BCUT2D eigenvalue weighted by Gasteiger charge is -2.07. The van der Waals surface area contributed by atoms with Gasteiger partial charge in [0.25, 0.3) is 0 Å². The molecule has 6 heteroatoms. The first-order chi connectivity index (χ1) is 9.63. The molecule has 0 saturated carbocycles. The fourth-order valence-corrected chi connectivity index (χ4v) is 2.24. The van der Waals surface area contributed by atoms with Crippen molar-refractivity contribution in [1.82, 2.24) is 15.0 Å². The van der Waals surface area contributed by atoms with E-state index in [4.69, 9.17) is 23.2 Å². The van der Waals surface area contributed by atoms with Crippen molar-refractivity contribution < 1.29 is 0 Å². The van der Waals surface area contributed by atoms with Crippen molar-refractivity contribution in [1.29, 1.82) is 0 Å². The fraction of sp³-hybridized carbons (Fsp3) is 0.0714. The van der Waals surface area contributed by atoms with Gasteiger partial charge in [-0.1, -0.05) is 40.9 Å². The molecule has 0 unspecified atom stereocenters. The molecule has 0 fully saturated rings. The SMILES string of the molecule is Cc1ccc(Nc2nc(Cl)c3ccnc(Cl)c3n2)cc1. The van der Waals surface area contributed by atoms with Crippen LogP contribution in [0.4, 0.5) is 11.6 Å². The van der Waals surface area contributed by atoms with Crippen molar-refractivity contribution in [3.05, 3.63) is 52.4 Å². The van der Waals surface area contributed by atoms with Gasteiger partial charge >= 0.3 is 0 Å². The Morgan fingerprint density at radius 2 is 1.70 bits per heavy atom. The highest BCUT2D eigenvalue weighted by molar-refractivity contribution is 6.37. The first-order valence-electron chi connectivity index (χ1n) is 5.95. The van der Waals surface area contributed by atoms with Gasteiger partial charge in [-0.25, -0.2) is 15.0 Å². The highest BCUT2D eigenvalue weighted by atomic mass is 35.5. The molecule has 0 spiro atoms. The lowest BCUT2D eigenvalue weighted by molar-refractivity contribution is 1.20. The zero-order chi connectivity index (χ0) is 14.1. The van der Waals surface area contributed by atoms with Crippen molar-refractivity contribution in [2.75, 3.05) is 5.32 Å². The van der Waals surface area contributed by atoms with Gasteiger partial charge in [0.1, 0.15) is 10.7 Å². The largest absolute Gasteiger partial charge is 0.324 e. The van der Waals surface area contributed by atoms with E-state index in [2.05, 4.69) is 20.3 Å². The molecule has 4 nitrogen and oxygen atoms in total. The second kappa shape index (κ2) is 5.23. The second-order valence-electron chi connectivity index (χ2n) is 4.33. The molecule has 3 aromatic rings. The predicted octanol–water partition coefficient (Wildman–Crippen LogP) is 4.38. The summed E-state index contributed by atoms with van der Waals surface area (Å²) in [5.74, 6) is 0.390. The van der Waals surface area contributed by atoms with E-state index in [1.165, 1.54) is 5.56 Å². The van der Waals surface area contributed by atoms with Crippen LogP contribution in [-0.2, 0) is 0 Å². The summed E-state index contributed by atoms with van der Waals surface area (Å²) in [4.78, 5) is 12.6. The molecule has 0 saturated heterocycles. The molecule has 0 aliphatic rings. The molecule has 0 radical (unpaired) electrons. The Kier molecular flexibility index (Phi) is 3.42. The standard InChI is InChI=1S/C14H10Cl2N4/c1-8-2-4-9(5-3-8)18-14-19-11-10(12(15)20-14)6-7-17-13(11)16/h2-7H,1H3,(H,18,19,20). The van der Waals surface area contributed by atoms with E-state index in [9.17, 15) is 0 Å². The maximum absolute atomic E-state index is 6.15. The first kappa shape index (κ1) is 13.1. The Labute approximate surface area is 125 Å². The Balaban J connectivity index is 2.04. The van der Waals surface area contributed by atoms with Gasteiger partial charge in [0, 0.05) is 17.3 Å². The normalized spacial score (nSPS) is 10.8. The molecule has 1 aromatic carbocycles. The summed E-state index contributed by atoms with van der Waals surface area (Å²) in [6, 6.07) is 9.63. The average Bonchev–Trinajstić information content (AvgIpc) is 2.43. The molecule has 20 heavy (non-hydrogen) atoms. The van der Waals surface area contributed by atoms with Crippen LogP contribution in [0.25, 0.3) is 10.9 Å². The first-order valence-corrected chi connectivity index (χ1v) is 6.70. The number of hydrogen-bond acceptors (Lipinski definition) is 4. The highest BCUT2D eigenvalue weighted by Gasteiger charge is 2.09. The molecule has 0 atom stereocenters. The summed E-state index contributed by atoms with van der Waals surface area (Å²) < 4.78 is 0. The molecule has 0 amide bonds. The number of pyridine rings is 1. The number of aromatic nitrogens is 3. The zero-order valence-electron chi connectivity index (χ0n) is 10.6. The predicted molar refractivity (Wildman–Crippen MR) is 81.8 cm³/mol. The third-order valence-corrected chi connectivity index (χ3v) is 3.40. The van der Waals surface area contributed by atoms with Crippen LogP contribution in [0.2, 0.25) is 10.3 Å². The third kappa shape index (κ3) is 2.53. The zero-order valence-corrected chi connectivity index (χ0v) is 12.1. The van der Waals surface area contributed by atoms with E-state index in [0.717, 1.165) is 5.69 Å². The van der Waals surface area contributed by atoms with Crippen LogP contribution in [-0.4, -0.2) is 15.0 Å². The Morgan fingerprint density at radius 3 is 2.45 bits per heavy atom. The van der Waals surface area contributed by atoms with Gasteiger partial charge in [-0.2, -0.15) is 0 Å². The number of benzene rings is 1. The van der Waals surface area contributed by atoms with Crippen LogP contribution in [0.15, 0.2) is 36.5 Å². The topological polar surface area (TPSA) is 50.7 Å².